The fourth-order valence-corrected chi connectivity index (χ4v) is 4.29. The van der Waals surface area contributed by atoms with Gasteiger partial charge in [0.2, 0.25) is 5.95 Å². The van der Waals surface area contributed by atoms with Crippen molar-refractivity contribution < 1.29 is 37.6 Å². The van der Waals surface area contributed by atoms with Crippen LogP contribution in [0.1, 0.15) is 28.8 Å². The number of aliphatic carboxylic acids is 2. The summed E-state index contributed by atoms with van der Waals surface area (Å²) in [6.07, 6.45) is -0.587. The van der Waals surface area contributed by atoms with Crippen molar-refractivity contribution in [3.05, 3.63) is 70.0 Å². The fraction of sp³-hybridized carbons (Fsp3) is 0.269. The van der Waals surface area contributed by atoms with Crippen molar-refractivity contribution in [3.8, 4) is 0 Å². The highest BCUT2D eigenvalue weighted by atomic mass is 32.2. The molecule has 1 amide bonds. The van der Waals surface area contributed by atoms with E-state index in [-0.39, 0.29) is 40.9 Å². The number of carbonyl (C=O) groups excluding carboxylic acids is 1. The molecule has 0 saturated carbocycles. The molecule has 0 aliphatic carbocycles. The van der Waals surface area contributed by atoms with E-state index in [0.29, 0.717) is 30.3 Å². The fourth-order valence-electron chi connectivity index (χ4n) is 3.81. The number of benzene rings is 2. The summed E-state index contributed by atoms with van der Waals surface area (Å²) in [5.74, 6) is -2.64. The molecule has 43 heavy (non-hydrogen) atoms. The number of hydrogen-bond donors (Lipinski definition) is 9. The number of carbonyl (C=O) groups is 3. The quantitative estimate of drug-likeness (QED) is 0.143. The van der Waals surface area contributed by atoms with Crippen LogP contribution in [-0.2, 0) is 19.7 Å². The maximum Gasteiger partial charge on any atom is 0.326 e. The van der Waals surface area contributed by atoms with Crippen LogP contribution in [0, 0.1) is 6.92 Å². The first-order valence-electron chi connectivity index (χ1n) is 12.8. The number of hydrogen-bond acceptors (Lipinski definition) is 11. The van der Waals surface area contributed by atoms with Crippen LogP contribution in [0.3, 0.4) is 0 Å². The van der Waals surface area contributed by atoms with Crippen molar-refractivity contribution in [2.45, 2.75) is 36.7 Å². The number of carboxylic acids is 2. The summed E-state index contributed by atoms with van der Waals surface area (Å²) in [7, 11) is -4.02. The Labute approximate surface area is 245 Å². The highest BCUT2D eigenvalue weighted by Crippen LogP contribution is 2.20. The molecular formula is C26H31N7O9S. The second-order valence-electron chi connectivity index (χ2n) is 9.44. The minimum atomic E-state index is -4.02. The van der Waals surface area contributed by atoms with Crippen LogP contribution >= 0.6 is 0 Å². The van der Waals surface area contributed by atoms with E-state index in [1.807, 2.05) is 6.92 Å². The molecule has 16 nitrogen and oxygen atoms in total. The second-order valence-corrected chi connectivity index (χ2v) is 10.9. The summed E-state index contributed by atoms with van der Waals surface area (Å²) in [6, 6.07) is 10.9. The minimum absolute atomic E-state index is 0.0281. The van der Waals surface area contributed by atoms with Gasteiger partial charge in [-0.1, -0.05) is 17.7 Å². The maximum atomic E-state index is 12.3. The number of anilines is 4. The lowest BCUT2D eigenvalue weighted by molar-refractivity contribution is -0.140. The number of amides is 1. The lowest BCUT2D eigenvalue weighted by atomic mass is 10.1. The van der Waals surface area contributed by atoms with Gasteiger partial charge in [0.15, 0.2) is 5.82 Å². The number of nitrogens with zero attached hydrogens (tertiary/aromatic N) is 1. The molecule has 0 spiro atoms. The number of nitrogen functional groups attached to an aromatic ring is 1. The predicted octanol–water partition coefficient (Wildman–Crippen LogP) is 0.960. The highest BCUT2D eigenvalue weighted by molar-refractivity contribution is 7.85. The number of aromatic nitrogens is 2. The first-order valence-corrected chi connectivity index (χ1v) is 14.2. The number of carboxylic acid groups (broad SMARTS) is 2. The average molecular weight is 618 g/mol. The van der Waals surface area contributed by atoms with Crippen LogP contribution in [0.2, 0.25) is 0 Å². The van der Waals surface area contributed by atoms with Gasteiger partial charge in [-0.05, 0) is 49.7 Å². The Balaban J connectivity index is 0.000000386. The molecule has 2 atom stereocenters. The minimum Gasteiger partial charge on any atom is -0.481 e. The van der Waals surface area contributed by atoms with Gasteiger partial charge in [-0.3, -0.25) is 23.9 Å². The molecule has 17 heteroatoms. The first kappa shape index (κ1) is 32.4. The van der Waals surface area contributed by atoms with Gasteiger partial charge in [-0.25, -0.2) is 4.79 Å². The summed E-state index contributed by atoms with van der Waals surface area (Å²) in [6.45, 7) is 2.80. The van der Waals surface area contributed by atoms with E-state index in [4.69, 9.17) is 20.5 Å². The Morgan fingerprint density at radius 3 is 2.33 bits per heavy atom. The molecule has 0 unspecified atom stereocenters. The van der Waals surface area contributed by atoms with E-state index in [9.17, 15) is 27.6 Å². The number of nitrogens with two attached hydrogens (primary N) is 1. The van der Waals surface area contributed by atoms with Crippen LogP contribution in [-0.4, -0.2) is 76.2 Å². The number of aromatic amines is 1. The molecule has 1 aliphatic rings. The Morgan fingerprint density at radius 2 is 1.74 bits per heavy atom. The molecule has 0 fully saturated rings. The van der Waals surface area contributed by atoms with Crippen molar-refractivity contribution in [1.29, 1.82) is 0 Å². The van der Waals surface area contributed by atoms with Crippen LogP contribution < -0.4 is 32.6 Å². The summed E-state index contributed by atoms with van der Waals surface area (Å²) < 4.78 is 29.6. The van der Waals surface area contributed by atoms with E-state index in [1.165, 1.54) is 24.3 Å². The Morgan fingerprint density at radius 1 is 1.09 bits per heavy atom. The van der Waals surface area contributed by atoms with E-state index in [2.05, 4.69) is 31.2 Å². The van der Waals surface area contributed by atoms with Crippen molar-refractivity contribution in [2.75, 3.05) is 34.8 Å². The summed E-state index contributed by atoms with van der Waals surface area (Å²) >= 11 is 0. The largest absolute Gasteiger partial charge is 0.481 e. The predicted molar refractivity (Wildman–Crippen MR) is 157 cm³/mol. The number of fused-ring (bicyclic) bond motifs is 1. The molecule has 3 aromatic rings. The van der Waals surface area contributed by atoms with Gasteiger partial charge in [0.1, 0.15) is 11.7 Å². The smallest absolute Gasteiger partial charge is 0.326 e. The van der Waals surface area contributed by atoms with Gasteiger partial charge >= 0.3 is 11.9 Å². The second kappa shape index (κ2) is 14.1. The zero-order valence-electron chi connectivity index (χ0n) is 22.8. The van der Waals surface area contributed by atoms with Crippen molar-refractivity contribution >= 4 is 51.1 Å². The molecular weight excluding hydrogens is 586 g/mol. The van der Waals surface area contributed by atoms with Crippen LogP contribution in [0.5, 0.6) is 0 Å². The van der Waals surface area contributed by atoms with Gasteiger partial charge in [0.05, 0.1) is 10.9 Å². The Hall–Kier alpha value is -5.16. The maximum absolute atomic E-state index is 12.3. The Kier molecular flexibility index (Phi) is 10.6. The lowest BCUT2D eigenvalue weighted by Gasteiger charge is -2.27. The molecule has 0 radical (unpaired) electrons. The van der Waals surface area contributed by atoms with Crippen molar-refractivity contribution in [1.82, 2.24) is 15.3 Å². The molecule has 2 aromatic carbocycles. The van der Waals surface area contributed by atoms with Crippen LogP contribution in [0.15, 0.2) is 58.2 Å². The van der Waals surface area contributed by atoms with Crippen molar-refractivity contribution in [2.24, 2.45) is 0 Å². The van der Waals surface area contributed by atoms with E-state index in [1.54, 1.807) is 24.3 Å². The molecule has 2 heterocycles. The summed E-state index contributed by atoms with van der Waals surface area (Å²) in [5.41, 5.74) is 7.36. The third-order valence-electron chi connectivity index (χ3n) is 6.07. The third-order valence-corrected chi connectivity index (χ3v) is 6.94. The van der Waals surface area contributed by atoms with Gasteiger partial charge < -0.3 is 37.2 Å². The monoisotopic (exact) mass is 617 g/mol. The number of H-pyrrole nitrogens is 1. The van der Waals surface area contributed by atoms with Crippen molar-refractivity contribution in [3.63, 3.8) is 0 Å². The summed E-state index contributed by atoms with van der Waals surface area (Å²) in [4.78, 5) is 52.5. The standard InChI is InChI=1S/C19H23N7O6.C7H8O3S/c20-19-25-15-14(17(30)26-19)23-11(8-22-15)7-21-10-3-1-9(2-4-10)16(29)24-12(18(31)32)5-6-13(27)28;1-6-2-4-7(5-3-6)11(8,9)10/h1-4,11-12,21,23H,5-8H2,(H,24,29)(H,27,28)(H,31,32)(H4,20,22,25,26,30);2-5H,1H3,(H,8,9,10)/t11-,12-;/m0./s1. The average Bonchev–Trinajstić information content (AvgIpc) is 2.94. The molecule has 0 bridgehead atoms. The zero-order valence-corrected chi connectivity index (χ0v) is 23.6. The Bertz CT molecular complexity index is 1630. The zero-order chi connectivity index (χ0) is 31.7. The van der Waals surface area contributed by atoms with Gasteiger partial charge in [0.25, 0.3) is 21.6 Å². The lowest BCUT2D eigenvalue weighted by Crippen LogP contribution is -2.41. The van der Waals surface area contributed by atoms with E-state index in [0.717, 1.165) is 5.56 Å². The molecule has 1 aromatic heterocycles. The number of rotatable bonds is 10. The van der Waals surface area contributed by atoms with Crippen LogP contribution in [0.4, 0.5) is 23.1 Å². The third kappa shape index (κ3) is 9.72. The van der Waals surface area contributed by atoms with Crippen LogP contribution in [0.25, 0.3) is 0 Å². The number of nitrogens with one attached hydrogen (secondary N) is 5. The highest BCUT2D eigenvalue weighted by Gasteiger charge is 2.23. The normalized spacial score (nSPS) is 14.4. The van der Waals surface area contributed by atoms with Gasteiger partial charge in [0, 0.05) is 30.8 Å². The van der Waals surface area contributed by atoms with E-state index >= 15 is 0 Å². The molecule has 1 aliphatic heterocycles. The number of aryl methyl sites for hydroxylation is 1. The van der Waals surface area contributed by atoms with E-state index < -0.39 is 34.0 Å². The van der Waals surface area contributed by atoms with Gasteiger partial charge in [-0.15, -0.1) is 0 Å². The molecule has 4 rings (SSSR count). The van der Waals surface area contributed by atoms with Gasteiger partial charge in [-0.2, -0.15) is 13.4 Å². The topological polar surface area (TPSA) is 266 Å². The molecule has 230 valence electrons. The molecule has 0 saturated heterocycles. The summed E-state index contributed by atoms with van der Waals surface area (Å²) in [5, 5.41) is 29.5. The molecule has 10 N–H and O–H groups in total. The first-order chi connectivity index (χ1) is 20.2. The SMILES string of the molecule is Cc1ccc(S(=O)(=O)O)cc1.Nc1nc2c(c(=O)[nH]1)N[C@@H](CNc1ccc(C(=O)N[C@@H](CCC(=O)O)C(=O)O)cc1)CN2.